The van der Waals surface area contributed by atoms with Gasteiger partial charge in [0.05, 0.1) is 15.6 Å². The van der Waals surface area contributed by atoms with E-state index in [0.717, 1.165) is 11.0 Å². The van der Waals surface area contributed by atoms with Gasteiger partial charge in [-0.25, -0.2) is 4.79 Å². The predicted molar refractivity (Wildman–Crippen MR) is 93.0 cm³/mol. The summed E-state index contributed by atoms with van der Waals surface area (Å²) in [4.78, 5) is 35.8. The van der Waals surface area contributed by atoms with E-state index in [2.05, 4.69) is 0 Å². The fraction of sp³-hybridized carbons (Fsp3) is 0.125. The van der Waals surface area contributed by atoms with Crippen LogP contribution in [-0.2, 0) is 9.59 Å². The van der Waals surface area contributed by atoms with Crippen LogP contribution in [0.15, 0.2) is 36.4 Å². The number of nitrogens with zero attached hydrogens (tertiary/aromatic N) is 2. The minimum absolute atomic E-state index is 0.0455. The average molecular weight is 397 g/mol. The summed E-state index contributed by atoms with van der Waals surface area (Å²) < 4.78 is 10.4. The molecule has 0 bridgehead atoms. The van der Waals surface area contributed by atoms with Crippen molar-refractivity contribution in [3.63, 3.8) is 0 Å². The van der Waals surface area contributed by atoms with Gasteiger partial charge in [-0.3, -0.25) is 19.8 Å². The number of nitro benzene ring substituents is 1. The summed E-state index contributed by atoms with van der Waals surface area (Å²) >= 11 is 11.8. The molecule has 26 heavy (non-hydrogen) atoms. The Hall–Kier alpha value is -2.84. The Balaban J connectivity index is 1.84. The molecule has 10 heteroatoms. The Morgan fingerprint density at radius 2 is 2.08 bits per heavy atom. The van der Waals surface area contributed by atoms with Gasteiger partial charge in [0.25, 0.3) is 11.6 Å². The molecule has 0 aliphatic carbocycles. The highest BCUT2D eigenvalue weighted by molar-refractivity contribution is 6.43. The van der Waals surface area contributed by atoms with E-state index < -0.39 is 23.3 Å². The molecule has 0 saturated heterocycles. The SMILES string of the molecule is O=C(CN1C(=O)COc2ccc([N+](=O)[O-])cc21)Oc1cccc(Cl)c1Cl. The molecule has 1 amide bonds. The molecule has 0 aromatic heterocycles. The van der Waals surface area contributed by atoms with E-state index in [1.807, 2.05) is 0 Å². The number of hydrogen-bond acceptors (Lipinski definition) is 6. The van der Waals surface area contributed by atoms with Crippen molar-refractivity contribution in [1.82, 2.24) is 0 Å². The molecule has 0 unspecified atom stereocenters. The van der Waals surface area contributed by atoms with Crippen molar-refractivity contribution in [2.75, 3.05) is 18.1 Å². The van der Waals surface area contributed by atoms with E-state index >= 15 is 0 Å². The number of non-ortho nitro benzene ring substituents is 1. The molecule has 1 heterocycles. The smallest absolute Gasteiger partial charge is 0.331 e. The van der Waals surface area contributed by atoms with Crippen LogP contribution in [0.3, 0.4) is 0 Å². The zero-order valence-electron chi connectivity index (χ0n) is 13.0. The van der Waals surface area contributed by atoms with Crippen LogP contribution in [0.5, 0.6) is 11.5 Å². The first-order chi connectivity index (χ1) is 12.4. The van der Waals surface area contributed by atoms with Gasteiger partial charge >= 0.3 is 5.97 Å². The number of fused-ring (bicyclic) bond motifs is 1. The monoisotopic (exact) mass is 396 g/mol. The molecular formula is C16H10Cl2N2O6. The van der Waals surface area contributed by atoms with E-state index in [9.17, 15) is 19.7 Å². The van der Waals surface area contributed by atoms with Gasteiger partial charge in [0.1, 0.15) is 17.3 Å². The fourth-order valence-electron chi connectivity index (χ4n) is 2.32. The number of halogens is 2. The maximum absolute atomic E-state index is 12.2. The van der Waals surface area contributed by atoms with Gasteiger partial charge in [-0.15, -0.1) is 0 Å². The Morgan fingerprint density at radius 1 is 1.31 bits per heavy atom. The molecule has 0 radical (unpaired) electrons. The zero-order chi connectivity index (χ0) is 18.8. The maximum atomic E-state index is 12.2. The third kappa shape index (κ3) is 3.56. The lowest BCUT2D eigenvalue weighted by molar-refractivity contribution is -0.384. The highest BCUT2D eigenvalue weighted by atomic mass is 35.5. The van der Waals surface area contributed by atoms with Gasteiger partial charge in [0.2, 0.25) is 0 Å². The second-order valence-electron chi connectivity index (χ2n) is 5.20. The minimum atomic E-state index is -0.790. The normalized spacial score (nSPS) is 13.0. The summed E-state index contributed by atoms with van der Waals surface area (Å²) in [5.41, 5.74) is -0.122. The predicted octanol–water partition coefficient (Wildman–Crippen LogP) is 3.23. The zero-order valence-corrected chi connectivity index (χ0v) is 14.5. The number of esters is 1. The molecule has 0 fully saturated rings. The van der Waals surface area contributed by atoms with E-state index in [0.29, 0.717) is 0 Å². The lowest BCUT2D eigenvalue weighted by Crippen LogP contribution is -2.43. The minimum Gasteiger partial charge on any atom is -0.482 e. The molecule has 1 aliphatic heterocycles. The van der Waals surface area contributed by atoms with Gasteiger partial charge in [-0.2, -0.15) is 0 Å². The van der Waals surface area contributed by atoms with Crippen LogP contribution < -0.4 is 14.4 Å². The number of ether oxygens (including phenoxy) is 2. The van der Waals surface area contributed by atoms with Crippen LogP contribution in [0.2, 0.25) is 10.0 Å². The lowest BCUT2D eigenvalue weighted by atomic mass is 10.2. The Kier molecular flexibility index (Phi) is 4.97. The topological polar surface area (TPSA) is 99.0 Å². The third-order valence-electron chi connectivity index (χ3n) is 3.52. The van der Waals surface area contributed by atoms with Crippen LogP contribution >= 0.6 is 23.2 Å². The number of benzene rings is 2. The van der Waals surface area contributed by atoms with Crippen LogP contribution in [-0.4, -0.2) is 30.0 Å². The van der Waals surface area contributed by atoms with E-state index in [1.165, 1.54) is 24.3 Å². The van der Waals surface area contributed by atoms with Gasteiger partial charge in [0.15, 0.2) is 12.4 Å². The summed E-state index contributed by atoms with van der Waals surface area (Å²) in [7, 11) is 0. The number of rotatable bonds is 4. The molecular weight excluding hydrogens is 387 g/mol. The quantitative estimate of drug-likeness (QED) is 0.340. The Labute approximate surface area is 157 Å². The molecule has 3 rings (SSSR count). The van der Waals surface area contributed by atoms with E-state index in [1.54, 1.807) is 6.07 Å². The molecule has 1 aliphatic rings. The first-order valence-electron chi connectivity index (χ1n) is 7.23. The molecule has 8 nitrogen and oxygen atoms in total. The summed E-state index contributed by atoms with van der Waals surface area (Å²) in [5.74, 6) is -1.03. The van der Waals surface area contributed by atoms with Gasteiger partial charge in [0, 0.05) is 12.1 Å². The van der Waals surface area contributed by atoms with Crippen LogP contribution in [0.4, 0.5) is 11.4 Å². The summed E-state index contributed by atoms with van der Waals surface area (Å²) in [6.45, 7) is -0.769. The van der Waals surface area contributed by atoms with Crippen molar-refractivity contribution in [3.8, 4) is 11.5 Å². The van der Waals surface area contributed by atoms with E-state index in [4.69, 9.17) is 32.7 Å². The molecule has 0 spiro atoms. The number of hydrogen-bond donors (Lipinski definition) is 0. The van der Waals surface area contributed by atoms with Crippen molar-refractivity contribution >= 4 is 46.5 Å². The van der Waals surface area contributed by atoms with Crippen LogP contribution in [0.1, 0.15) is 0 Å². The highest BCUT2D eigenvalue weighted by Crippen LogP contribution is 2.35. The van der Waals surface area contributed by atoms with Crippen LogP contribution in [0, 0.1) is 10.1 Å². The molecule has 2 aromatic rings. The standard InChI is InChI=1S/C16H10Cl2N2O6/c17-10-2-1-3-13(16(10)18)26-15(22)7-19-11-6-9(20(23)24)4-5-12(11)25-8-14(19)21/h1-6H,7-8H2. The van der Waals surface area contributed by atoms with Crippen molar-refractivity contribution in [2.24, 2.45) is 0 Å². The second-order valence-corrected chi connectivity index (χ2v) is 5.99. The number of carbonyl (C=O) groups is 2. The second kappa shape index (κ2) is 7.19. The largest absolute Gasteiger partial charge is 0.482 e. The van der Waals surface area contributed by atoms with E-state index in [-0.39, 0.29) is 39.5 Å². The van der Waals surface area contributed by atoms with Gasteiger partial charge in [-0.05, 0) is 18.2 Å². The van der Waals surface area contributed by atoms with Gasteiger partial charge < -0.3 is 9.47 Å². The van der Waals surface area contributed by atoms with Crippen molar-refractivity contribution in [1.29, 1.82) is 0 Å². The molecule has 0 saturated carbocycles. The maximum Gasteiger partial charge on any atom is 0.331 e. The number of anilines is 1. The first kappa shape index (κ1) is 18.0. The number of carbonyl (C=O) groups excluding carboxylic acids is 2. The number of amides is 1. The fourth-order valence-corrected chi connectivity index (χ4v) is 2.65. The van der Waals surface area contributed by atoms with Crippen molar-refractivity contribution in [3.05, 3.63) is 56.6 Å². The third-order valence-corrected chi connectivity index (χ3v) is 4.33. The Bertz CT molecular complexity index is 918. The highest BCUT2D eigenvalue weighted by Gasteiger charge is 2.30. The molecule has 134 valence electrons. The molecule has 0 atom stereocenters. The first-order valence-corrected chi connectivity index (χ1v) is 7.98. The van der Waals surface area contributed by atoms with Crippen molar-refractivity contribution < 1.29 is 24.0 Å². The summed E-state index contributed by atoms with van der Waals surface area (Å²) in [6, 6.07) is 8.30. The number of nitro groups is 1. The lowest BCUT2D eigenvalue weighted by Gasteiger charge is -2.28. The van der Waals surface area contributed by atoms with Crippen molar-refractivity contribution in [2.45, 2.75) is 0 Å². The van der Waals surface area contributed by atoms with Crippen LogP contribution in [0.25, 0.3) is 0 Å². The molecule has 0 N–H and O–H groups in total. The Morgan fingerprint density at radius 3 is 2.81 bits per heavy atom. The summed E-state index contributed by atoms with van der Waals surface area (Å²) in [6.07, 6.45) is 0. The summed E-state index contributed by atoms with van der Waals surface area (Å²) in [5, 5.41) is 11.2. The molecule has 2 aromatic carbocycles. The average Bonchev–Trinajstić information content (AvgIpc) is 2.61. The van der Waals surface area contributed by atoms with Gasteiger partial charge in [-0.1, -0.05) is 29.3 Å².